The smallest absolute Gasteiger partial charge is 0.338 e. The van der Waals surface area contributed by atoms with Gasteiger partial charge in [-0.1, -0.05) is 13.0 Å². The highest BCUT2D eigenvalue weighted by Crippen LogP contribution is 2.33. The van der Waals surface area contributed by atoms with Crippen molar-refractivity contribution in [3.05, 3.63) is 94.1 Å². The Kier molecular flexibility index (Phi) is 6.45. The Labute approximate surface area is 201 Å². The van der Waals surface area contributed by atoms with E-state index in [4.69, 9.17) is 18.6 Å². The molecule has 0 saturated heterocycles. The van der Waals surface area contributed by atoms with Crippen LogP contribution in [0.1, 0.15) is 34.8 Å². The lowest BCUT2D eigenvalue weighted by molar-refractivity contribution is 0.0505. The van der Waals surface area contributed by atoms with Crippen LogP contribution in [0.3, 0.4) is 0 Å². The molecule has 0 atom stereocenters. The summed E-state index contributed by atoms with van der Waals surface area (Å²) in [6.07, 6.45) is 5.63. The molecule has 0 unspecified atom stereocenters. The fourth-order valence-electron chi connectivity index (χ4n) is 3.92. The van der Waals surface area contributed by atoms with E-state index in [0.29, 0.717) is 54.5 Å². The van der Waals surface area contributed by atoms with Crippen LogP contribution in [0.15, 0.2) is 76.4 Å². The number of fused-ring (bicyclic) bond motifs is 3. The molecule has 2 aromatic carbocycles. The summed E-state index contributed by atoms with van der Waals surface area (Å²) in [7, 11) is 0. The predicted molar refractivity (Wildman–Crippen MR) is 129 cm³/mol. The molecule has 5 rings (SSSR count). The lowest BCUT2D eigenvalue weighted by atomic mass is 10.1. The first-order valence-electron chi connectivity index (χ1n) is 11.4. The van der Waals surface area contributed by atoms with Crippen LogP contribution in [-0.2, 0) is 17.8 Å². The Balaban J connectivity index is 1.36. The van der Waals surface area contributed by atoms with Crippen LogP contribution in [-0.4, -0.2) is 29.2 Å². The van der Waals surface area contributed by atoms with Crippen LogP contribution in [0.2, 0.25) is 0 Å². The molecule has 2 aromatic heterocycles. The molecule has 0 aliphatic carbocycles. The standard InChI is InChI=1S/C27H24N2O6/c1-2-12-32-27(31)19-5-7-20(8-6-19)35-24-16-33-26-21(25(24)30)9-10-23-22(26)15-29(17-34-23)14-18-4-3-11-28-13-18/h3-11,13,16H,2,12,14-15,17H2,1H3. The molecule has 0 radical (unpaired) electrons. The number of rotatable bonds is 7. The van der Waals surface area contributed by atoms with E-state index in [1.165, 1.54) is 6.26 Å². The van der Waals surface area contributed by atoms with Gasteiger partial charge in [-0.2, -0.15) is 0 Å². The third-order valence-corrected chi connectivity index (χ3v) is 5.64. The number of carbonyl (C=O) groups excluding carboxylic acids is 1. The fraction of sp³-hybridized carbons (Fsp3) is 0.222. The summed E-state index contributed by atoms with van der Waals surface area (Å²) in [4.78, 5) is 31.4. The van der Waals surface area contributed by atoms with Crippen molar-refractivity contribution in [1.82, 2.24) is 9.88 Å². The fourth-order valence-corrected chi connectivity index (χ4v) is 3.92. The maximum absolute atomic E-state index is 13.2. The average Bonchev–Trinajstić information content (AvgIpc) is 2.89. The van der Waals surface area contributed by atoms with Gasteiger partial charge >= 0.3 is 5.97 Å². The van der Waals surface area contributed by atoms with Gasteiger partial charge in [-0.15, -0.1) is 0 Å². The van der Waals surface area contributed by atoms with E-state index in [-0.39, 0.29) is 11.2 Å². The molecule has 1 aliphatic heterocycles. The van der Waals surface area contributed by atoms with Crippen molar-refractivity contribution in [3.63, 3.8) is 0 Å². The van der Waals surface area contributed by atoms with Crippen molar-refractivity contribution in [2.45, 2.75) is 26.4 Å². The first-order chi connectivity index (χ1) is 17.1. The number of benzene rings is 2. The van der Waals surface area contributed by atoms with Gasteiger partial charge in [-0.3, -0.25) is 14.7 Å². The zero-order chi connectivity index (χ0) is 24.2. The van der Waals surface area contributed by atoms with Gasteiger partial charge in [0.25, 0.3) is 0 Å². The normalized spacial score (nSPS) is 13.2. The minimum absolute atomic E-state index is 0.0581. The maximum atomic E-state index is 13.2. The maximum Gasteiger partial charge on any atom is 0.338 e. The molecule has 0 saturated carbocycles. The highest BCUT2D eigenvalue weighted by molar-refractivity contribution is 5.89. The lowest BCUT2D eigenvalue weighted by Crippen LogP contribution is -2.31. The van der Waals surface area contributed by atoms with E-state index < -0.39 is 5.97 Å². The van der Waals surface area contributed by atoms with Gasteiger partial charge in [0, 0.05) is 25.5 Å². The third-order valence-electron chi connectivity index (χ3n) is 5.64. The summed E-state index contributed by atoms with van der Waals surface area (Å²) in [5.74, 6) is 0.769. The molecule has 8 nitrogen and oxygen atoms in total. The Morgan fingerprint density at radius 1 is 1.14 bits per heavy atom. The van der Waals surface area contributed by atoms with E-state index in [0.717, 1.165) is 17.5 Å². The van der Waals surface area contributed by atoms with Crippen LogP contribution in [0, 0.1) is 0 Å². The van der Waals surface area contributed by atoms with Crippen LogP contribution in [0.25, 0.3) is 11.0 Å². The van der Waals surface area contributed by atoms with Gasteiger partial charge in [-0.25, -0.2) is 4.79 Å². The minimum Gasteiger partial charge on any atom is -0.478 e. The van der Waals surface area contributed by atoms with Gasteiger partial charge in [0.2, 0.25) is 11.2 Å². The molecule has 0 bridgehead atoms. The molecule has 4 aromatic rings. The van der Waals surface area contributed by atoms with Crippen molar-refractivity contribution in [3.8, 4) is 17.2 Å². The van der Waals surface area contributed by atoms with Gasteiger partial charge < -0.3 is 18.6 Å². The number of esters is 1. The molecule has 1 aliphatic rings. The Morgan fingerprint density at radius 2 is 2.00 bits per heavy atom. The second-order valence-corrected chi connectivity index (χ2v) is 8.23. The van der Waals surface area contributed by atoms with Crippen molar-refractivity contribution in [2.75, 3.05) is 13.3 Å². The first kappa shape index (κ1) is 22.6. The van der Waals surface area contributed by atoms with Gasteiger partial charge in [0.1, 0.15) is 30.1 Å². The Bertz CT molecular complexity index is 1400. The molecule has 8 heteroatoms. The topological polar surface area (TPSA) is 91.1 Å². The van der Waals surface area contributed by atoms with Crippen molar-refractivity contribution in [1.29, 1.82) is 0 Å². The molecular weight excluding hydrogens is 448 g/mol. The number of hydrogen-bond acceptors (Lipinski definition) is 8. The Hall–Kier alpha value is -4.17. The molecule has 3 heterocycles. The third kappa shape index (κ3) is 4.88. The van der Waals surface area contributed by atoms with Crippen molar-refractivity contribution in [2.24, 2.45) is 0 Å². The summed E-state index contributed by atoms with van der Waals surface area (Å²) in [6, 6.07) is 13.8. The van der Waals surface area contributed by atoms with E-state index in [1.807, 2.05) is 25.3 Å². The molecule has 0 amide bonds. The monoisotopic (exact) mass is 472 g/mol. The zero-order valence-electron chi connectivity index (χ0n) is 19.2. The molecule has 0 spiro atoms. The first-order valence-corrected chi connectivity index (χ1v) is 11.4. The van der Waals surface area contributed by atoms with Crippen LogP contribution in [0.5, 0.6) is 17.2 Å². The largest absolute Gasteiger partial charge is 0.478 e. The molecular formula is C27H24N2O6. The number of nitrogens with zero attached hydrogens (tertiary/aromatic N) is 2. The zero-order valence-corrected chi connectivity index (χ0v) is 19.2. The van der Waals surface area contributed by atoms with Crippen LogP contribution < -0.4 is 14.9 Å². The molecule has 178 valence electrons. The van der Waals surface area contributed by atoms with Crippen LogP contribution >= 0.6 is 0 Å². The second kappa shape index (κ2) is 9.99. The number of aromatic nitrogens is 1. The summed E-state index contributed by atoms with van der Waals surface area (Å²) in [5, 5.41) is 0.410. The SMILES string of the molecule is CCCOC(=O)c1ccc(Oc2coc3c4c(ccc3c2=O)OCN(Cc2cccnc2)C4)cc1. The van der Waals surface area contributed by atoms with Gasteiger partial charge in [-0.05, 0) is 54.4 Å². The van der Waals surface area contributed by atoms with Crippen molar-refractivity contribution < 1.29 is 23.4 Å². The summed E-state index contributed by atoms with van der Waals surface area (Å²) < 4.78 is 22.7. The quantitative estimate of drug-likeness (QED) is 0.351. The van der Waals surface area contributed by atoms with Crippen molar-refractivity contribution >= 4 is 16.9 Å². The van der Waals surface area contributed by atoms with E-state index in [2.05, 4.69) is 9.88 Å². The summed E-state index contributed by atoms with van der Waals surface area (Å²) >= 11 is 0. The molecule has 0 fully saturated rings. The second-order valence-electron chi connectivity index (χ2n) is 8.23. The highest BCUT2D eigenvalue weighted by Gasteiger charge is 2.23. The lowest BCUT2D eigenvalue weighted by Gasteiger charge is -2.29. The van der Waals surface area contributed by atoms with Gasteiger partial charge in [0.15, 0.2) is 0 Å². The average molecular weight is 472 g/mol. The molecule has 0 N–H and O–H groups in total. The summed E-state index contributed by atoms with van der Waals surface area (Å²) in [5.41, 5.74) is 2.49. The minimum atomic E-state index is -0.395. The number of ether oxygens (including phenoxy) is 3. The number of pyridine rings is 1. The Morgan fingerprint density at radius 3 is 2.77 bits per heavy atom. The van der Waals surface area contributed by atoms with Gasteiger partial charge in [0.05, 0.1) is 23.1 Å². The summed E-state index contributed by atoms with van der Waals surface area (Å²) in [6.45, 7) is 3.96. The van der Waals surface area contributed by atoms with Crippen LogP contribution in [0.4, 0.5) is 0 Å². The van der Waals surface area contributed by atoms with E-state index in [9.17, 15) is 9.59 Å². The van der Waals surface area contributed by atoms with E-state index >= 15 is 0 Å². The number of hydrogen-bond donors (Lipinski definition) is 0. The number of carbonyl (C=O) groups is 1. The van der Waals surface area contributed by atoms with E-state index in [1.54, 1.807) is 42.6 Å². The predicted octanol–water partition coefficient (Wildman–Crippen LogP) is 4.90. The molecule has 35 heavy (non-hydrogen) atoms. The highest BCUT2D eigenvalue weighted by atomic mass is 16.5.